The number of aromatic nitrogens is 2. The van der Waals surface area contributed by atoms with Crippen molar-refractivity contribution in [3.8, 4) is 0 Å². The van der Waals surface area contributed by atoms with Crippen molar-refractivity contribution in [2.45, 2.75) is 26.7 Å². The molecule has 0 unspecified atom stereocenters. The third-order valence-corrected chi connectivity index (χ3v) is 2.81. The first-order valence-electron chi connectivity index (χ1n) is 5.30. The summed E-state index contributed by atoms with van der Waals surface area (Å²) in [6.45, 7) is 6.47. The van der Waals surface area contributed by atoms with Gasteiger partial charge < -0.3 is 5.32 Å². The maximum atomic E-state index is 4.26. The molecule has 0 aliphatic carbocycles. The standard InChI is InChI=1S/C12H17N3/c1-7(2)9-5-6-10-11(12(9)13-4)8(3)14-15-10/h5-7,13H,1-4H3,(H,14,15). The van der Waals surface area contributed by atoms with Crippen LogP contribution in [0, 0.1) is 6.92 Å². The van der Waals surface area contributed by atoms with Gasteiger partial charge in [0, 0.05) is 23.8 Å². The normalized spacial score (nSPS) is 11.3. The van der Waals surface area contributed by atoms with E-state index in [0.717, 1.165) is 11.2 Å². The van der Waals surface area contributed by atoms with Crippen molar-refractivity contribution in [2.75, 3.05) is 12.4 Å². The first-order chi connectivity index (χ1) is 7.15. The summed E-state index contributed by atoms with van der Waals surface area (Å²) >= 11 is 0. The first-order valence-corrected chi connectivity index (χ1v) is 5.30. The van der Waals surface area contributed by atoms with E-state index in [1.807, 2.05) is 7.05 Å². The van der Waals surface area contributed by atoms with E-state index in [2.05, 4.69) is 48.4 Å². The summed E-state index contributed by atoms with van der Waals surface area (Å²) in [7, 11) is 1.97. The number of fused-ring (bicyclic) bond motifs is 1. The van der Waals surface area contributed by atoms with E-state index in [9.17, 15) is 0 Å². The molecule has 0 bridgehead atoms. The zero-order valence-electron chi connectivity index (χ0n) is 9.68. The lowest BCUT2D eigenvalue weighted by atomic mass is 9.98. The van der Waals surface area contributed by atoms with E-state index < -0.39 is 0 Å². The summed E-state index contributed by atoms with van der Waals surface area (Å²) in [5.74, 6) is 0.520. The molecule has 0 amide bonds. The van der Waals surface area contributed by atoms with Crippen LogP contribution in [0.1, 0.15) is 31.0 Å². The number of rotatable bonds is 2. The lowest BCUT2D eigenvalue weighted by Crippen LogP contribution is -1.98. The van der Waals surface area contributed by atoms with Gasteiger partial charge in [0.2, 0.25) is 0 Å². The Balaban J connectivity index is 2.79. The van der Waals surface area contributed by atoms with Crippen LogP contribution in [0.2, 0.25) is 0 Å². The lowest BCUT2D eigenvalue weighted by molar-refractivity contribution is 0.870. The molecule has 0 radical (unpaired) electrons. The highest BCUT2D eigenvalue weighted by molar-refractivity contribution is 5.95. The molecule has 1 aromatic heterocycles. The fraction of sp³-hybridized carbons (Fsp3) is 0.417. The van der Waals surface area contributed by atoms with Gasteiger partial charge in [0.05, 0.1) is 5.52 Å². The van der Waals surface area contributed by atoms with Crippen LogP contribution in [0.5, 0.6) is 0 Å². The van der Waals surface area contributed by atoms with Gasteiger partial charge in [-0.2, -0.15) is 5.10 Å². The van der Waals surface area contributed by atoms with Crippen molar-refractivity contribution < 1.29 is 0 Å². The van der Waals surface area contributed by atoms with Gasteiger partial charge >= 0.3 is 0 Å². The summed E-state index contributed by atoms with van der Waals surface area (Å²) in [4.78, 5) is 0. The van der Waals surface area contributed by atoms with Crippen molar-refractivity contribution in [1.82, 2.24) is 10.2 Å². The Morgan fingerprint density at radius 1 is 1.33 bits per heavy atom. The zero-order valence-corrected chi connectivity index (χ0v) is 9.68. The molecule has 0 atom stereocenters. The van der Waals surface area contributed by atoms with Gasteiger partial charge in [0.1, 0.15) is 0 Å². The third kappa shape index (κ3) is 1.48. The van der Waals surface area contributed by atoms with Crippen LogP contribution in [-0.4, -0.2) is 17.2 Å². The van der Waals surface area contributed by atoms with Crippen LogP contribution in [0.3, 0.4) is 0 Å². The third-order valence-electron chi connectivity index (χ3n) is 2.81. The fourth-order valence-electron chi connectivity index (χ4n) is 2.03. The number of aryl methyl sites for hydroxylation is 1. The molecule has 0 saturated carbocycles. The molecule has 0 fully saturated rings. The molecule has 2 N–H and O–H groups in total. The smallest absolute Gasteiger partial charge is 0.0944 e. The second kappa shape index (κ2) is 3.57. The maximum Gasteiger partial charge on any atom is 0.0944 e. The highest BCUT2D eigenvalue weighted by Gasteiger charge is 2.12. The Hall–Kier alpha value is -1.51. The van der Waals surface area contributed by atoms with E-state index in [0.29, 0.717) is 5.92 Å². The summed E-state index contributed by atoms with van der Waals surface area (Å²) in [5, 5.41) is 11.8. The fourth-order valence-corrected chi connectivity index (χ4v) is 2.03. The number of aromatic amines is 1. The van der Waals surface area contributed by atoms with Crippen molar-refractivity contribution in [3.63, 3.8) is 0 Å². The van der Waals surface area contributed by atoms with E-state index in [-0.39, 0.29) is 0 Å². The average molecular weight is 203 g/mol. The van der Waals surface area contributed by atoms with Crippen LogP contribution in [-0.2, 0) is 0 Å². The topological polar surface area (TPSA) is 40.7 Å². The number of nitrogens with one attached hydrogen (secondary N) is 2. The van der Waals surface area contributed by atoms with Gasteiger partial charge in [0.15, 0.2) is 0 Å². The molecule has 80 valence electrons. The molecule has 0 saturated heterocycles. The SMILES string of the molecule is CNc1c(C(C)C)ccc2n[nH]c(C)c12. The molecule has 2 aromatic rings. The number of H-pyrrole nitrogens is 1. The van der Waals surface area contributed by atoms with Crippen molar-refractivity contribution in [2.24, 2.45) is 0 Å². The monoisotopic (exact) mass is 203 g/mol. The highest BCUT2D eigenvalue weighted by Crippen LogP contribution is 2.32. The van der Waals surface area contributed by atoms with Gasteiger partial charge in [-0.1, -0.05) is 19.9 Å². The van der Waals surface area contributed by atoms with Gasteiger partial charge in [-0.3, -0.25) is 5.10 Å². The van der Waals surface area contributed by atoms with Crippen molar-refractivity contribution in [1.29, 1.82) is 0 Å². The highest BCUT2D eigenvalue weighted by atomic mass is 15.1. The number of benzene rings is 1. The molecule has 3 heteroatoms. The molecule has 0 aliphatic heterocycles. The van der Waals surface area contributed by atoms with Gasteiger partial charge in [-0.25, -0.2) is 0 Å². The zero-order chi connectivity index (χ0) is 11.0. The number of anilines is 1. The molecule has 0 spiro atoms. The Kier molecular flexibility index (Phi) is 2.39. The summed E-state index contributed by atoms with van der Waals surface area (Å²) < 4.78 is 0. The molecule has 3 nitrogen and oxygen atoms in total. The van der Waals surface area contributed by atoms with Crippen molar-refractivity contribution >= 4 is 16.6 Å². The molecule has 1 aromatic carbocycles. The molecular formula is C12H17N3. The predicted molar refractivity (Wildman–Crippen MR) is 64.5 cm³/mol. The van der Waals surface area contributed by atoms with Gasteiger partial charge in [-0.15, -0.1) is 0 Å². The summed E-state index contributed by atoms with van der Waals surface area (Å²) in [5.41, 5.74) is 4.70. The van der Waals surface area contributed by atoms with E-state index >= 15 is 0 Å². The minimum atomic E-state index is 0.520. The van der Waals surface area contributed by atoms with Crippen LogP contribution >= 0.6 is 0 Å². The van der Waals surface area contributed by atoms with Crippen molar-refractivity contribution in [3.05, 3.63) is 23.4 Å². The van der Waals surface area contributed by atoms with Gasteiger partial charge in [-0.05, 0) is 24.5 Å². The largest absolute Gasteiger partial charge is 0.387 e. The van der Waals surface area contributed by atoms with Crippen LogP contribution in [0.25, 0.3) is 10.9 Å². The average Bonchev–Trinajstić information content (AvgIpc) is 2.59. The second-order valence-corrected chi connectivity index (χ2v) is 4.18. The number of nitrogens with zero attached hydrogens (tertiary/aromatic N) is 1. The molecule has 2 rings (SSSR count). The predicted octanol–water partition coefficient (Wildman–Crippen LogP) is 3.04. The Morgan fingerprint density at radius 2 is 2.07 bits per heavy atom. The Bertz CT molecular complexity index is 483. The first kappa shape index (κ1) is 10.0. The number of hydrogen-bond donors (Lipinski definition) is 2. The van der Waals surface area contributed by atoms with E-state index in [1.165, 1.54) is 16.6 Å². The second-order valence-electron chi connectivity index (χ2n) is 4.18. The maximum absolute atomic E-state index is 4.26. The quantitative estimate of drug-likeness (QED) is 0.787. The Labute approximate surface area is 89.9 Å². The molecule has 15 heavy (non-hydrogen) atoms. The minimum Gasteiger partial charge on any atom is -0.387 e. The molecular weight excluding hydrogens is 186 g/mol. The summed E-state index contributed by atoms with van der Waals surface area (Å²) in [6, 6.07) is 4.23. The molecule has 0 aliphatic rings. The van der Waals surface area contributed by atoms with Crippen LogP contribution < -0.4 is 5.32 Å². The van der Waals surface area contributed by atoms with Crippen LogP contribution in [0.4, 0.5) is 5.69 Å². The minimum absolute atomic E-state index is 0.520. The van der Waals surface area contributed by atoms with Crippen LogP contribution in [0.15, 0.2) is 12.1 Å². The number of hydrogen-bond acceptors (Lipinski definition) is 2. The Morgan fingerprint density at radius 3 is 2.67 bits per heavy atom. The van der Waals surface area contributed by atoms with E-state index in [4.69, 9.17) is 0 Å². The lowest BCUT2D eigenvalue weighted by Gasteiger charge is -2.13. The molecule has 1 heterocycles. The van der Waals surface area contributed by atoms with E-state index in [1.54, 1.807) is 0 Å². The summed E-state index contributed by atoms with van der Waals surface area (Å²) in [6.07, 6.45) is 0. The van der Waals surface area contributed by atoms with Gasteiger partial charge in [0.25, 0.3) is 0 Å².